The molecule has 0 aliphatic carbocycles. The molecule has 0 N–H and O–H groups in total. The average Bonchev–Trinajstić information content (AvgIpc) is 2.15. The summed E-state index contributed by atoms with van der Waals surface area (Å²) < 4.78 is 27.7. The minimum Gasteiger partial charge on any atom is -0.492 e. The number of halogens is 2. The van der Waals surface area contributed by atoms with Gasteiger partial charge in [-0.1, -0.05) is 0 Å². The molecule has 0 radical (unpaired) electrons. The predicted molar refractivity (Wildman–Crippen MR) is 65.0 cm³/mol. The highest BCUT2D eigenvalue weighted by Crippen LogP contribution is 2.36. The molecule has 1 aromatic rings. The van der Waals surface area contributed by atoms with Crippen molar-refractivity contribution < 1.29 is 18.1 Å². The predicted octanol–water partition coefficient (Wildman–Crippen LogP) is 2.68. The minimum atomic E-state index is -4.11. The van der Waals surface area contributed by atoms with Crippen LogP contribution < -0.4 is 4.74 Å². The average molecular weight is 345 g/mol. The first-order chi connectivity index (χ1) is 7.77. The molecule has 9 heteroatoms. The second kappa shape index (κ2) is 5.19. The molecule has 0 saturated heterocycles. The smallest absolute Gasteiger partial charge is 0.285 e. The standard InChI is InChI=1S/C8H7BrClNO5S/c1-2-16-7-3-5(9)6(11(12)13)4-8(7)17(10,14)15/h3-4H,2H2,1H3. The Balaban J connectivity index is 3.53. The van der Waals surface area contributed by atoms with Gasteiger partial charge in [0.05, 0.1) is 16.0 Å². The normalized spacial score (nSPS) is 11.2. The van der Waals surface area contributed by atoms with Crippen molar-refractivity contribution in [2.45, 2.75) is 11.8 Å². The first-order valence-corrected chi connectivity index (χ1v) is 7.43. The number of ether oxygens (including phenoxy) is 1. The van der Waals surface area contributed by atoms with Crippen molar-refractivity contribution in [1.82, 2.24) is 0 Å². The van der Waals surface area contributed by atoms with Crippen LogP contribution in [0.5, 0.6) is 5.75 Å². The van der Waals surface area contributed by atoms with Crippen molar-refractivity contribution in [2.75, 3.05) is 6.61 Å². The van der Waals surface area contributed by atoms with Crippen LogP contribution in [0.15, 0.2) is 21.5 Å². The number of hydrogen-bond donors (Lipinski definition) is 0. The summed E-state index contributed by atoms with van der Waals surface area (Å²) in [6.07, 6.45) is 0. The first-order valence-electron chi connectivity index (χ1n) is 4.32. The van der Waals surface area contributed by atoms with Crippen LogP contribution in [-0.2, 0) is 9.05 Å². The maximum absolute atomic E-state index is 11.3. The Morgan fingerprint density at radius 1 is 1.53 bits per heavy atom. The molecule has 17 heavy (non-hydrogen) atoms. The molecule has 6 nitrogen and oxygen atoms in total. The van der Waals surface area contributed by atoms with E-state index >= 15 is 0 Å². The lowest BCUT2D eigenvalue weighted by Gasteiger charge is -2.08. The lowest BCUT2D eigenvalue weighted by atomic mass is 10.3. The van der Waals surface area contributed by atoms with Gasteiger partial charge >= 0.3 is 0 Å². The zero-order valence-corrected chi connectivity index (χ0v) is 11.7. The molecule has 0 atom stereocenters. The Morgan fingerprint density at radius 2 is 2.12 bits per heavy atom. The van der Waals surface area contributed by atoms with Gasteiger partial charge in [-0.05, 0) is 22.9 Å². The molecule has 0 amide bonds. The number of nitrogens with zero attached hydrogens (tertiary/aromatic N) is 1. The van der Waals surface area contributed by atoms with Crippen LogP contribution in [0.4, 0.5) is 5.69 Å². The van der Waals surface area contributed by atoms with Gasteiger partial charge in [0.1, 0.15) is 10.6 Å². The van der Waals surface area contributed by atoms with Gasteiger partial charge in [-0.25, -0.2) is 8.42 Å². The van der Waals surface area contributed by atoms with Crippen LogP contribution >= 0.6 is 26.6 Å². The Morgan fingerprint density at radius 3 is 2.53 bits per heavy atom. The molecule has 0 heterocycles. The second-order valence-corrected chi connectivity index (χ2v) is 6.27. The molecule has 0 aromatic heterocycles. The van der Waals surface area contributed by atoms with Gasteiger partial charge in [0.2, 0.25) is 0 Å². The molecule has 0 aliphatic rings. The lowest BCUT2D eigenvalue weighted by Crippen LogP contribution is -2.01. The number of nitro groups is 1. The highest BCUT2D eigenvalue weighted by Gasteiger charge is 2.24. The molecule has 0 fully saturated rings. The van der Waals surface area contributed by atoms with Crippen LogP contribution in [0.2, 0.25) is 0 Å². The SMILES string of the molecule is CCOc1cc(Br)c([N+](=O)[O-])cc1S(=O)(=O)Cl. The largest absolute Gasteiger partial charge is 0.492 e. The maximum atomic E-state index is 11.3. The van der Waals surface area contributed by atoms with Crippen LogP contribution in [0, 0.1) is 10.1 Å². The van der Waals surface area contributed by atoms with Crippen LogP contribution in [0.25, 0.3) is 0 Å². The van der Waals surface area contributed by atoms with Crippen LogP contribution in [0.1, 0.15) is 6.92 Å². The second-order valence-electron chi connectivity index (χ2n) is 2.88. The molecule has 1 rings (SSSR count). The zero-order valence-electron chi connectivity index (χ0n) is 8.51. The van der Waals surface area contributed by atoms with E-state index in [2.05, 4.69) is 15.9 Å². The summed E-state index contributed by atoms with van der Waals surface area (Å²) in [6.45, 7) is 1.86. The van der Waals surface area contributed by atoms with Crippen molar-refractivity contribution in [3.05, 3.63) is 26.7 Å². The molecule has 0 aliphatic heterocycles. The van der Waals surface area contributed by atoms with Crippen molar-refractivity contribution in [2.24, 2.45) is 0 Å². The summed E-state index contributed by atoms with van der Waals surface area (Å²) in [5.41, 5.74) is -0.396. The molecular weight excluding hydrogens is 338 g/mol. The maximum Gasteiger partial charge on any atom is 0.285 e. The fourth-order valence-corrected chi connectivity index (χ4v) is 2.56. The first kappa shape index (κ1) is 14.2. The fraction of sp³-hybridized carbons (Fsp3) is 0.250. The Labute approximate surface area is 110 Å². The van der Waals surface area contributed by atoms with Gasteiger partial charge in [0, 0.05) is 22.8 Å². The summed E-state index contributed by atoms with van der Waals surface area (Å²) in [5.74, 6) is -0.0278. The van der Waals surface area contributed by atoms with E-state index in [1.54, 1.807) is 6.92 Å². The number of hydrogen-bond acceptors (Lipinski definition) is 5. The van der Waals surface area contributed by atoms with E-state index in [1.807, 2.05) is 0 Å². The number of rotatable bonds is 4. The minimum absolute atomic E-state index is 0.0278. The van der Waals surface area contributed by atoms with Gasteiger partial charge in [-0.3, -0.25) is 10.1 Å². The van der Waals surface area contributed by atoms with Crippen LogP contribution in [0.3, 0.4) is 0 Å². The van der Waals surface area contributed by atoms with Crippen LogP contribution in [-0.4, -0.2) is 19.9 Å². The summed E-state index contributed by atoms with van der Waals surface area (Å²) in [4.78, 5) is 9.53. The van der Waals surface area contributed by atoms with E-state index in [1.165, 1.54) is 6.07 Å². The van der Waals surface area contributed by atoms with Gasteiger partial charge in [-0.2, -0.15) is 0 Å². The molecule has 0 saturated carbocycles. The van der Waals surface area contributed by atoms with E-state index < -0.39 is 24.6 Å². The Kier molecular flexibility index (Phi) is 4.34. The summed E-state index contributed by atoms with van der Waals surface area (Å²) in [5, 5.41) is 10.7. The summed E-state index contributed by atoms with van der Waals surface area (Å²) in [7, 11) is 1.08. The molecular formula is C8H7BrClNO5S. The van der Waals surface area contributed by atoms with E-state index in [0.29, 0.717) is 0 Å². The third kappa shape index (κ3) is 3.30. The van der Waals surface area contributed by atoms with Crippen molar-refractivity contribution in [1.29, 1.82) is 0 Å². The van der Waals surface area contributed by atoms with Gasteiger partial charge in [-0.15, -0.1) is 0 Å². The van der Waals surface area contributed by atoms with E-state index in [4.69, 9.17) is 15.4 Å². The summed E-state index contributed by atoms with van der Waals surface area (Å²) in [6, 6.07) is 2.06. The third-order valence-electron chi connectivity index (χ3n) is 1.77. The Bertz CT molecular complexity index is 559. The number of benzene rings is 1. The number of nitro benzene ring substituents is 1. The lowest BCUT2D eigenvalue weighted by molar-refractivity contribution is -0.385. The monoisotopic (exact) mass is 343 g/mol. The van der Waals surface area contributed by atoms with Gasteiger partial charge in [0.25, 0.3) is 14.7 Å². The van der Waals surface area contributed by atoms with Crippen molar-refractivity contribution >= 4 is 41.4 Å². The van der Waals surface area contributed by atoms with Gasteiger partial charge in [0.15, 0.2) is 0 Å². The highest BCUT2D eigenvalue weighted by atomic mass is 79.9. The zero-order chi connectivity index (χ0) is 13.2. The Hall–Kier alpha value is -0.860. The van der Waals surface area contributed by atoms with E-state index in [9.17, 15) is 18.5 Å². The molecule has 94 valence electrons. The summed E-state index contributed by atoms with van der Waals surface area (Å²) >= 11 is 2.96. The molecule has 0 bridgehead atoms. The molecule has 0 spiro atoms. The van der Waals surface area contributed by atoms with Crippen molar-refractivity contribution in [3.63, 3.8) is 0 Å². The topological polar surface area (TPSA) is 86.5 Å². The van der Waals surface area contributed by atoms with Gasteiger partial charge < -0.3 is 4.74 Å². The third-order valence-corrected chi connectivity index (χ3v) is 3.75. The molecule has 1 aromatic carbocycles. The quantitative estimate of drug-likeness (QED) is 0.476. The fourth-order valence-electron chi connectivity index (χ4n) is 1.12. The van der Waals surface area contributed by atoms with E-state index in [-0.39, 0.29) is 16.8 Å². The van der Waals surface area contributed by atoms with Crippen molar-refractivity contribution in [3.8, 4) is 5.75 Å². The van der Waals surface area contributed by atoms with E-state index in [0.717, 1.165) is 6.07 Å². The highest BCUT2D eigenvalue weighted by molar-refractivity contribution is 9.10. The molecule has 0 unspecified atom stereocenters.